The molecule has 3 heterocycles. The van der Waals surface area contributed by atoms with E-state index in [0.29, 0.717) is 5.92 Å². The average Bonchev–Trinajstić information content (AvgIpc) is 3.00. The number of fused-ring (bicyclic) bond motifs is 1. The van der Waals surface area contributed by atoms with Gasteiger partial charge in [-0.25, -0.2) is 4.98 Å². The molecule has 2 aliphatic carbocycles. The largest absolute Gasteiger partial charge is 0.344 e. The summed E-state index contributed by atoms with van der Waals surface area (Å²) < 4.78 is 4.53. The van der Waals surface area contributed by atoms with Crippen molar-refractivity contribution in [1.82, 2.24) is 24.5 Å². The maximum absolute atomic E-state index is 4.74. The van der Waals surface area contributed by atoms with Gasteiger partial charge in [-0.3, -0.25) is 10.00 Å². The molecule has 0 atom stereocenters. The molecule has 1 saturated heterocycles. The highest BCUT2D eigenvalue weighted by Gasteiger charge is 2.29. The zero-order valence-electron chi connectivity index (χ0n) is 13.3. The summed E-state index contributed by atoms with van der Waals surface area (Å²) in [7, 11) is 0. The lowest BCUT2D eigenvalue weighted by Gasteiger charge is -2.34. The van der Waals surface area contributed by atoms with Gasteiger partial charge in [0.2, 0.25) is 5.13 Å². The van der Waals surface area contributed by atoms with Gasteiger partial charge in [0.05, 0.1) is 5.69 Å². The Hall–Kier alpha value is -1.47. The van der Waals surface area contributed by atoms with Crippen LogP contribution in [-0.4, -0.2) is 50.6 Å². The molecular weight excluding hydrogens is 308 g/mol. The molecule has 0 amide bonds. The molecule has 122 valence electrons. The summed E-state index contributed by atoms with van der Waals surface area (Å²) in [5, 5.41) is 8.88. The Morgan fingerprint density at radius 2 is 2.00 bits per heavy atom. The Bertz CT molecular complexity index is 695. The van der Waals surface area contributed by atoms with Crippen LogP contribution in [0.5, 0.6) is 0 Å². The minimum Gasteiger partial charge on any atom is -0.344 e. The summed E-state index contributed by atoms with van der Waals surface area (Å²) in [6, 6.07) is 0. The number of aromatic nitrogens is 4. The molecule has 0 aromatic carbocycles. The molecule has 6 nitrogen and oxygen atoms in total. The van der Waals surface area contributed by atoms with Crippen LogP contribution in [0.15, 0.2) is 0 Å². The number of anilines is 1. The lowest BCUT2D eigenvalue weighted by atomic mass is 10.2. The number of piperazine rings is 1. The van der Waals surface area contributed by atoms with Gasteiger partial charge in [0.15, 0.2) is 0 Å². The van der Waals surface area contributed by atoms with Crippen molar-refractivity contribution in [1.29, 1.82) is 0 Å². The molecule has 1 aliphatic heterocycles. The van der Waals surface area contributed by atoms with Crippen LogP contribution in [0.1, 0.15) is 48.0 Å². The van der Waals surface area contributed by atoms with E-state index >= 15 is 0 Å². The molecule has 1 saturated carbocycles. The van der Waals surface area contributed by atoms with Crippen LogP contribution in [0.4, 0.5) is 5.13 Å². The molecule has 0 bridgehead atoms. The first-order valence-corrected chi connectivity index (χ1v) is 9.50. The van der Waals surface area contributed by atoms with Crippen LogP contribution in [0.2, 0.25) is 0 Å². The van der Waals surface area contributed by atoms with Gasteiger partial charge in [-0.2, -0.15) is 9.47 Å². The van der Waals surface area contributed by atoms with Crippen LogP contribution < -0.4 is 4.90 Å². The molecule has 3 aliphatic rings. The summed E-state index contributed by atoms with van der Waals surface area (Å²) in [6.07, 6.45) is 6.22. The van der Waals surface area contributed by atoms with Crippen molar-refractivity contribution < 1.29 is 0 Å². The van der Waals surface area contributed by atoms with Gasteiger partial charge >= 0.3 is 0 Å². The molecule has 7 heteroatoms. The van der Waals surface area contributed by atoms with Crippen molar-refractivity contribution in [2.24, 2.45) is 0 Å². The minimum absolute atomic E-state index is 0.656. The summed E-state index contributed by atoms with van der Waals surface area (Å²) in [4.78, 5) is 9.66. The number of aromatic amines is 1. The maximum atomic E-state index is 4.74. The van der Waals surface area contributed by atoms with Gasteiger partial charge in [-0.1, -0.05) is 0 Å². The van der Waals surface area contributed by atoms with E-state index in [2.05, 4.69) is 24.4 Å². The van der Waals surface area contributed by atoms with Crippen LogP contribution >= 0.6 is 11.5 Å². The second kappa shape index (κ2) is 5.56. The van der Waals surface area contributed by atoms with E-state index in [9.17, 15) is 0 Å². The number of hydrogen-bond donors (Lipinski definition) is 1. The molecule has 0 spiro atoms. The fraction of sp³-hybridized carbons (Fsp3) is 0.688. The predicted molar refractivity (Wildman–Crippen MR) is 90.0 cm³/mol. The van der Waals surface area contributed by atoms with Crippen LogP contribution in [0.3, 0.4) is 0 Å². The Labute approximate surface area is 140 Å². The monoisotopic (exact) mass is 330 g/mol. The van der Waals surface area contributed by atoms with Crippen molar-refractivity contribution in [2.45, 2.75) is 44.6 Å². The standard InChI is InChI=1S/C16H22N6S/c1-2-12-13(3-1)18-19-14(12)10-21-6-8-22(9-7-21)16-17-15(20-23-16)11-4-5-11/h11H,1-10H2,(H,18,19). The van der Waals surface area contributed by atoms with Crippen molar-refractivity contribution in [3.8, 4) is 0 Å². The van der Waals surface area contributed by atoms with E-state index in [1.807, 2.05) is 0 Å². The summed E-state index contributed by atoms with van der Waals surface area (Å²) in [5.41, 5.74) is 4.14. The topological polar surface area (TPSA) is 60.9 Å². The summed E-state index contributed by atoms with van der Waals surface area (Å²) >= 11 is 1.58. The Morgan fingerprint density at radius 3 is 2.83 bits per heavy atom. The lowest BCUT2D eigenvalue weighted by molar-refractivity contribution is 0.246. The predicted octanol–water partition coefficient (Wildman–Crippen LogP) is 1.95. The van der Waals surface area contributed by atoms with Gasteiger partial charge in [0.1, 0.15) is 5.82 Å². The quantitative estimate of drug-likeness (QED) is 0.928. The molecular formula is C16H22N6S. The van der Waals surface area contributed by atoms with Crippen molar-refractivity contribution >= 4 is 16.7 Å². The van der Waals surface area contributed by atoms with Gasteiger partial charge < -0.3 is 4.90 Å². The van der Waals surface area contributed by atoms with Crippen LogP contribution in [-0.2, 0) is 19.4 Å². The lowest BCUT2D eigenvalue weighted by Crippen LogP contribution is -2.46. The zero-order chi connectivity index (χ0) is 15.2. The molecule has 1 N–H and O–H groups in total. The average molecular weight is 330 g/mol. The van der Waals surface area contributed by atoms with Crippen LogP contribution in [0, 0.1) is 0 Å². The fourth-order valence-corrected chi connectivity index (χ4v) is 4.49. The molecule has 2 aromatic rings. The second-order valence-electron chi connectivity index (χ2n) is 6.95. The van der Waals surface area contributed by atoms with E-state index < -0.39 is 0 Å². The SMILES string of the molecule is C1Cc2[nH]nc(CN3CCN(c4nc(C5CC5)ns4)CC3)c2C1. The Morgan fingerprint density at radius 1 is 1.13 bits per heavy atom. The summed E-state index contributed by atoms with van der Waals surface area (Å²) in [5.74, 6) is 1.74. The first-order chi connectivity index (χ1) is 11.4. The number of aryl methyl sites for hydroxylation is 1. The highest BCUT2D eigenvalue weighted by atomic mass is 32.1. The third-order valence-corrected chi connectivity index (χ3v) is 6.07. The molecule has 23 heavy (non-hydrogen) atoms. The highest BCUT2D eigenvalue weighted by Crippen LogP contribution is 2.39. The van der Waals surface area contributed by atoms with Crippen molar-refractivity contribution in [3.63, 3.8) is 0 Å². The number of rotatable bonds is 4. The van der Waals surface area contributed by atoms with E-state index in [-0.39, 0.29) is 0 Å². The number of H-pyrrole nitrogens is 1. The number of hydrogen-bond acceptors (Lipinski definition) is 6. The normalized spacial score (nSPS) is 21.8. The van der Waals surface area contributed by atoms with E-state index in [1.54, 1.807) is 11.5 Å². The molecule has 2 fully saturated rings. The Balaban J connectivity index is 1.20. The fourth-order valence-electron chi connectivity index (χ4n) is 3.69. The van der Waals surface area contributed by atoms with Crippen molar-refractivity contribution in [3.05, 3.63) is 22.8 Å². The van der Waals surface area contributed by atoms with Gasteiger partial charge in [-0.15, -0.1) is 0 Å². The minimum atomic E-state index is 0.656. The van der Waals surface area contributed by atoms with Crippen LogP contribution in [0.25, 0.3) is 0 Å². The summed E-state index contributed by atoms with van der Waals surface area (Å²) in [6.45, 7) is 5.25. The number of nitrogens with zero attached hydrogens (tertiary/aromatic N) is 5. The molecule has 2 aromatic heterocycles. The highest BCUT2D eigenvalue weighted by molar-refractivity contribution is 7.09. The smallest absolute Gasteiger partial charge is 0.205 e. The van der Waals surface area contributed by atoms with Gasteiger partial charge in [-0.05, 0) is 37.7 Å². The first-order valence-electron chi connectivity index (χ1n) is 8.73. The zero-order valence-corrected chi connectivity index (χ0v) is 14.1. The maximum Gasteiger partial charge on any atom is 0.205 e. The molecule has 0 radical (unpaired) electrons. The molecule has 0 unspecified atom stereocenters. The van der Waals surface area contributed by atoms with E-state index in [4.69, 9.17) is 4.98 Å². The van der Waals surface area contributed by atoms with Crippen molar-refractivity contribution in [2.75, 3.05) is 31.1 Å². The van der Waals surface area contributed by atoms with E-state index in [1.165, 1.54) is 49.1 Å². The third-order valence-electron chi connectivity index (χ3n) is 5.28. The third kappa shape index (κ3) is 2.65. The first kappa shape index (κ1) is 13.9. The Kier molecular flexibility index (Phi) is 3.37. The molecule has 5 rings (SSSR count). The second-order valence-corrected chi connectivity index (χ2v) is 7.68. The number of nitrogens with one attached hydrogen (secondary N) is 1. The van der Waals surface area contributed by atoms with Gasteiger partial charge in [0, 0.05) is 55.9 Å². The van der Waals surface area contributed by atoms with E-state index in [0.717, 1.165) is 43.7 Å². The van der Waals surface area contributed by atoms with Gasteiger partial charge in [0.25, 0.3) is 0 Å².